The van der Waals surface area contributed by atoms with Gasteiger partial charge in [0.1, 0.15) is 0 Å². The monoisotopic (exact) mass is 236 g/mol. The van der Waals surface area contributed by atoms with Gasteiger partial charge in [0.05, 0.1) is 11.4 Å². The summed E-state index contributed by atoms with van der Waals surface area (Å²) in [5.41, 5.74) is 1.69. The van der Waals surface area contributed by atoms with E-state index in [-0.39, 0.29) is 5.91 Å². The minimum atomic E-state index is 0.105. The number of piperidine rings is 1. The Kier molecular flexibility index (Phi) is 3.78. The summed E-state index contributed by atoms with van der Waals surface area (Å²) in [6, 6.07) is 0. The highest BCUT2D eigenvalue weighted by Gasteiger charge is 2.17. The molecule has 0 spiro atoms. The molecule has 1 aliphatic rings. The first kappa shape index (κ1) is 12.1. The normalized spacial score (nSPS) is 17.1. The molecule has 0 radical (unpaired) electrons. The SMILES string of the molecule is Cc1nn(C)cc1NC(=O)CC1CCNCC1. The van der Waals surface area contributed by atoms with Crippen LogP contribution in [0.4, 0.5) is 5.69 Å². The molecule has 1 fully saturated rings. The average molecular weight is 236 g/mol. The molecule has 5 heteroatoms. The first-order chi connectivity index (χ1) is 8.15. The van der Waals surface area contributed by atoms with Gasteiger partial charge in [-0.1, -0.05) is 0 Å². The van der Waals surface area contributed by atoms with Crippen LogP contribution in [0.25, 0.3) is 0 Å². The van der Waals surface area contributed by atoms with Gasteiger partial charge in [0, 0.05) is 19.7 Å². The topological polar surface area (TPSA) is 59.0 Å². The van der Waals surface area contributed by atoms with Crippen LogP contribution in [0.15, 0.2) is 6.20 Å². The largest absolute Gasteiger partial charge is 0.323 e. The molecule has 0 aliphatic carbocycles. The fraction of sp³-hybridized carbons (Fsp3) is 0.667. The maximum Gasteiger partial charge on any atom is 0.224 e. The lowest BCUT2D eigenvalue weighted by atomic mass is 9.94. The Morgan fingerprint density at radius 1 is 1.59 bits per heavy atom. The van der Waals surface area contributed by atoms with Gasteiger partial charge in [0.15, 0.2) is 0 Å². The van der Waals surface area contributed by atoms with Crippen LogP contribution >= 0.6 is 0 Å². The van der Waals surface area contributed by atoms with Crippen LogP contribution in [-0.4, -0.2) is 28.8 Å². The van der Waals surface area contributed by atoms with Gasteiger partial charge >= 0.3 is 0 Å². The quantitative estimate of drug-likeness (QED) is 0.825. The van der Waals surface area contributed by atoms with E-state index in [1.165, 1.54) is 0 Å². The maximum absolute atomic E-state index is 11.9. The van der Waals surface area contributed by atoms with E-state index < -0.39 is 0 Å². The molecule has 2 heterocycles. The van der Waals surface area contributed by atoms with Gasteiger partial charge < -0.3 is 10.6 Å². The third-order valence-electron chi connectivity index (χ3n) is 3.22. The molecule has 1 aromatic heterocycles. The zero-order chi connectivity index (χ0) is 12.3. The average Bonchev–Trinajstić information content (AvgIpc) is 2.58. The summed E-state index contributed by atoms with van der Waals surface area (Å²) in [5.74, 6) is 0.626. The van der Waals surface area contributed by atoms with Gasteiger partial charge in [-0.05, 0) is 38.8 Å². The van der Waals surface area contributed by atoms with E-state index >= 15 is 0 Å². The molecule has 0 unspecified atom stereocenters. The summed E-state index contributed by atoms with van der Waals surface area (Å²) >= 11 is 0. The number of hydrogen-bond donors (Lipinski definition) is 2. The smallest absolute Gasteiger partial charge is 0.224 e. The zero-order valence-electron chi connectivity index (χ0n) is 10.5. The number of nitrogens with zero attached hydrogens (tertiary/aromatic N) is 2. The number of rotatable bonds is 3. The molecule has 1 saturated heterocycles. The highest BCUT2D eigenvalue weighted by molar-refractivity contribution is 5.91. The van der Waals surface area contributed by atoms with E-state index in [0.29, 0.717) is 12.3 Å². The van der Waals surface area contributed by atoms with Crippen molar-refractivity contribution in [2.75, 3.05) is 18.4 Å². The Hall–Kier alpha value is -1.36. The number of carbonyl (C=O) groups excluding carboxylic acids is 1. The van der Waals surface area contributed by atoms with Gasteiger partial charge in [0.25, 0.3) is 0 Å². The second-order valence-electron chi connectivity index (χ2n) is 4.75. The number of aromatic nitrogens is 2. The maximum atomic E-state index is 11.9. The summed E-state index contributed by atoms with van der Waals surface area (Å²) in [6.07, 6.45) is 4.66. The Morgan fingerprint density at radius 2 is 2.29 bits per heavy atom. The van der Waals surface area contributed by atoms with E-state index in [2.05, 4.69) is 15.7 Å². The summed E-state index contributed by atoms with van der Waals surface area (Å²) in [6.45, 7) is 3.97. The molecule has 17 heavy (non-hydrogen) atoms. The van der Waals surface area contributed by atoms with E-state index in [1.807, 2.05) is 20.2 Å². The van der Waals surface area contributed by atoms with Crippen LogP contribution in [0.1, 0.15) is 25.0 Å². The predicted octanol–water partition coefficient (Wildman–Crippen LogP) is 1.06. The molecule has 5 nitrogen and oxygen atoms in total. The first-order valence-corrected chi connectivity index (χ1v) is 6.16. The zero-order valence-corrected chi connectivity index (χ0v) is 10.5. The van der Waals surface area contributed by atoms with Crippen molar-refractivity contribution < 1.29 is 4.79 Å². The standard InChI is InChI=1S/C12H20N4O/c1-9-11(8-16(2)15-9)14-12(17)7-10-3-5-13-6-4-10/h8,10,13H,3-7H2,1-2H3,(H,14,17). The number of aryl methyl sites for hydroxylation is 2. The Balaban J connectivity index is 1.86. The first-order valence-electron chi connectivity index (χ1n) is 6.16. The fourth-order valence-electron chi connectivity index (χ4n) is 2.27. The lowest BCUT2D eigenvalue weighted by Gasteiger charge is -2.21. The predicted molar refractivity (Wildman–Crippen MR) is 66.8 cm³/mol. The lowest BCUT2D eigenvalue weighted by molar-refractivity contribution is -0.117. The van der Waals surface area contributed by atoms with E-state index in [4.69, 9.17) is 0 Å². The lowest BCUT2D eigenvalue weighted by Crippen LogP contribution is -2.30. The Morgan fingerprint density at radius 3 is 2.88 bits per heavy atom. The third kappa shape index (κ3) is 3.30. The Bertz CT molecular complexity index is 393. The number of nitrogens with one attached hydrogen (secondary N) is 2. The third-order valence-corrected chi connectivity index (χ3v) is 3.22. The van der Waals surface area contributed by atoms with Crippen LogP contribution in [-0.2, 0) is 11.8 Å². The summed E-state index contributed by atoms with van der Waals surface area (Å²) in [7, 11) is 1.86. The molecule has 0 aromatic carbocycles. The van der Waals surface area contributed by atoms with Crippen molar-refractivity contribution in [1.29, 1.82) is 0 Å². The number of anilines is 1. The van der Waals surface area contributed by atoms with Crippen LogP contribution in [0.3, 0.4) is 0 Å². The van der Waals surface area contributed by atoms with Gasteiger partial charge in [-0.25, -0.2) is 0 Å². The molecule has 0 bridgehead atoms. The molecule has 0 atom stereocenters. The Labute approximate surface area is 102 Å². The van der Waals surface area contributed by atoms with Gasteiger partial charge in [-0.2, -0.15) is 5.10 Å². The van der Waals surface area contributed by atoms with Crippen molar-refractivity contribution >= 4 is 11.6 Å². The summed E-state index contributed by atoms with van der Waals surface area (Å²) in [5, 5.41) is 10.4. The van der Waals surface area contributed by atoms with Crippen LogP contribution in [0.2, 0.25) is 0 Å². The van der Waals surface area contributed by atoms with Crippen molar-refractivity contribution in [2.24, 2.45) is 13.0 Å². The molecule has 2 rings (SSSR count). The molecule has 1 amide bonds. The molecule has 94 valence electrons. The molecular formula is C12H20N4O. The fourth-order valence-corrected chi connectivity index (χ4v) is 2.27. The van der Waals surface area contributed by atoms with Crippen molar-refractivity contribution in [3.05, 3.63) is 11.9 Å². The van der Waals surface area contributed by atoms with E-state index in [1.54, 1.807) is 4.68 Å². The van der Waals surface area contributed by atoms with Crippen molar-refractivity contribution in [1.82, 2.24) is 15.1 Å². The molecule has 1 aromatic rings. The van der Waals surface area contributed by atoms with Crippen LogP contribution in [0, 0.1) is 12.8 Å². The van der Waals surface area contributed by atoms with Crippen LogP contribution in [0.5, 0.6) is 0 Å². The van der Waals surface area contributed by atoms with E-state index in [9.17, 15) is 4.79 Å². The summed E-state index contributed by atoms with van der Waals surface area (Å²) < 4.78 is 1.72. The highest BCUT2D eigenvalue weighted by Crippen LogP contribution is 2.18. The molecular weight excluding hydrogens is 216 g/mol. The van der Waals surface area contributed by atoms with Gasteiger partial charge in [0.2, 0.25) is 5.91 Å². The van der Waals surface area contributed by atoms with E-state index in [0.717, 1.165) is 37.3 Å². The van der Waals surface area contributed by atoms with Crippen molar-refractivity contribution in [2.45, 2.75) is 26.2 Å². The minimum Gasteiger partial charge on any atom is -0.323 e. The number of carbonyl (C=O) groups is 1. The number of hydrogen-bond acceptors (Lipinski definition) is 3. The molecule has 0 saturated carbocycles. The second kappa shape index (κ2) is 5.31. The second-order valence-corrected chi connectivity index (χ2v) is 4.75. The van der Waals surface area contributed by atoms with Crippen molar-refractivity contribution in [3.63, 3.8) is 0 Å². The van der Waals surface area contributed by atoms with Crippen LogP contribution < -0.4 is 10.6 Å². The van der Waals surface area contributed by atoms with Gasteiger partial charge in [-0.15, -0.1) is 0 Å². The highest BCUT2D eigenvalue weighted by atomic mass is 16.1. The molecule has 2 N–H and O–H groups in total. The molecule has 1 aliphatic heterocycles. The minimum absolute atomic E-state index is 0.105. The summed E-state index contributed by atoms with van der Waals surface area (Å²) in [4.78, 5) is 11.9. The van der Waals surface area contributed by atoms with Gasteiger partial charge in [-0.3, -0.25) is 9.48 Å². The van der Waals surface area contributed by atoms with Crippen molar-refractivity contribution in [3.8, 4) is 0 Å². The number of amides is 1.